The SMILES string of the molecule is CCOC(=O)C[C@]1(C/C=C/c2ccc3ccccc3c2)CCCOC1=O. The number of esters is 2. The number of benzene rings is 2. The number of carbonyl (C=O) groups excluding carboxylic acids is 2. The molecule has 1 fully saturated rings. The average Bonchev–Trinajstić information content (AvgIpc) is 2.64. The second kappa shape index (κ2) is 8.17. The Hall–Kier alpha value is -2.62. The smallest absolute Gasteiger partial charge is 0.312 e. The summed E-state index contributed by atoms with van der Waals surface area (Å²) in [5.41, 5.74) is 0.261. The van der Waals surface area contributed by atoms with Crippen molar-refractivity contribution in [3.8, 4) is 0 Å². The zero-order valence-electron chi connectivity index (χ0n) is 15.1. The first-order valence-corrected chi connectivity index (χ1v) is 9.11. The van der Waals surface area contributed by atoms with E-state index in [1.807, 2.05) is 24.3 Å². The number of hydrogen-bond acceptors (Lipinski definition) is 4. The van der Waals surface area contributed by atoms with Crippen LogP contribution in [0.2, 0.25) is 0 Å². The lowest BCUT2D eigenvalue weighted by molar-refractivity contribution is -0.168. The zero-order valence-corrected chi connectivity index (χ0v) is 15.1. The van der Waals surface area contributed by atoms with Crippen molar-refractivity contribution in [2.45, 2.75) is 32.6 Å². The normalized spacial score (nSPS) is 20.3. The van der Waals surface area contributed by atoms with Crippen molar-refractivity contribution in [1.82, 2.24) is 0 Å². The van der Waals surface area contributed by atoms with Crippen molar-refractivity contribution >= 4 is 28.8 Å². The highest BCUT2D eigenvalue weighted by molar-refractivity contribution is 5.85. The van der Waals surface area contributed by atoms with Gasteiger partial charge in [-0.05, 0) is 48.6 Å². The van der Waals surface area contributed by atoms with Crippen LogP contribution < -0.4 is 0 Å². The van der Waals surface area contributed by atoms with E-state index in [4.69, 9.17) is 9.47 Å². The van der Waals surface area contributed by atoms with Crippen LogP contribution in [-0.4, -0.2) is 25.2 Å². The minimum Gasteiger partial charge on any atom is -0.466 e. The van der Waals surface area contributed by atoms with Crippen molar-refractivity contribution < 1.29 is 19.1 Å². The predicted molar refractivity (Wildman–Crippen MR) is 101 cm³/mol. The standard InChI is InChI=1S/C22H24O4/c1-2-25-20(23)16-22(13-6-14-26-21(22)24)12-5-7-17-10-11-18-8-3-4-9-19(18)15-17/h3-5,7-11,15H,2,6,12-14,16H2,1H3/b7-5+/t22-/m0/s1. The molecule has 26 heavy (non-hydrogen) atoms. The summed E-state index contributed by atoms with van der Waals surface area (Å²) in [4.78, 5) is 24.4. The van der Waals surface area contributed by atoms with Crippen LogP contribution >= 0.6 is 0 Å². The Kier molecular flexibility index (Phi) is 5.71. The number of fused-ring (bicyclic) bond motifs is 1. The van der Waals surface area contributed by atoms with Crippen LogP contribution in [0.3, 0.4) is 0 Å². The van der Waals surface area contributed by atoms with Gasteiger partial charge in [0.05, 0.1) is 25.0 Å². The van der Waals surface area contributed by atoms with Gasteiger partial charge in [-0.3, -0.25) is 9.59 Å². The summed E-state index contributed by atoms with van der Waals surface area (Å²) in [6, 6.07) is 14.4. The molecular formula is C22H24O4. The lowest BCUT2D eigenvalue weighted by Gasteiger charge is -2.33. The third kappa shape index (κ3) is 4.13. The fourth-order valence-electron chi connectivity index (χ4n) is 3.47. The van der Waals surface area contributed by atoms with Crippen LogP contribution in [0.4, 0.5) is 0 Å². The van der Waals surface area contributed by atoms with E-state index in [9.17, 15) is 9.59 Å². The van der Waals surface area contributed by atoms with Crippen LogP contribution in [0.25, 0.3) is 16.8 Å². The molecule has 136 valence electrons. The van der Waals surface area contributed by atoms with Crippen LogP contribution in [0, 0.1) is 5.41 Å². The third-order valence-corrected chi connectivity index (χ3v) is 4.85. The van der Waals surface area contributed by atoms with Crippen molar-refractivity contribution in [1.29, 1.82) is 0 Å². The fraction of sp³-hybridized carbons (Fsp3) is 0.364. The molecule has 4 nitrogen and oxygen atoms in total. The quantitative estimate of drug-likeness (QED) is 0.717. The second-order valence-corrected chi connectivity index (χ2v) is 6.71. The molecular weight excluding hydrogens is 328 g/mol. The monoisotopic (exact) mass is 352 g/mol. The van der Waals surface area contributed by atoms with Gasteiger partial charge in [0.25, 0.3) is 0 Å². The molecule has 1 aliphatic rings. The largest absolute Gasteiger partial charge is 0.466 e. The first-order valence-electron chi connectivity index (χ1n) is 9.11. The molecule has 0 amide bonds. The van der Waals surface area contributed by atoms with E-state index in [-0.39, 0.29) is 18.4 Å². The molecule has 2 aromatic carbocycles. The van der Waals surface area contributed by atoms with E-state index in [0.29, 0.717) is 26.1 Å². The summed E-state index contributed by atoms with van der Waals surface area (Å²) in [6.07, 6.45) is 5.93. The molecule has 0 aromatic heterocycles. The zero-order chi connectivity index (χ0) is 18.4. The molecule has 3 rings (SSSR count). The Morgan fingerprint density at radius 3 is 2.81 bits per heavy atom. The van der Waals surface area contributed by atoms with Gasteiger partial charge in [-0.25, -0.2) is 0 Å². The van der Waals surface area contributed by atoms with Gasteiger partial charge < -0.3 is 9.47 Å². The van der Waals surface area contributed by atoms with Gasteiger partial charge in [-0.1, -0.05) is 48.6 Å². The third-order valence-electron chi connectivity index (χ3n) is 4.85. The molecule has 0 saturated carbocycles. The Balaban J connectivity index is 1.76. The van der Waals surface area contributed by atoms with Crippen LogP contribution in [0.5, 0.6) is 0 Å². The summed E-state index contributed by atoms with van der Waals surface area (Å²) in [5.74, 6) is -0.634. The lowest BCUT2D eigenvalue weighted by atomic mass is 9.75. The molecule has 4 heteroatoms. The Morgan fingerprint density at radius 1 is 1.23 bits per heavy atom. The average molecular weight is 352 g/mol. The second-order valence-electron chi connectivity index (χ2n) is 6.71. The number of hydrogen-bond donors (Lipinski definition) is 0. The molecule has 0 aliphatic carbocycles. The van der Waals surface area contributed by atoms with Crippen molar-refractivity contribution in [3.63, 3.8) is 0 Å². The first kappa shape index (κ1) is 18.2. The maximum Gasteiger partial charge on any atom is 0.312 e. The molecule has 1 atom stereocenters. The van der Waals surface area contributed by atoms with E-state index < -0.39 is 5.41 Å². The van der Waals surface area contributed by atoms with E-state index in [1.165, 1.54) is 10.8 Å². The van der Waals surface area contributed by atoms with Gasteiger partial charge in [0, 0.05) is 0 Å². The Labute approximate surface area is 153 Å². The molecule has 1 saturated heterocycles. The Morgan fingerprint density at radius 2 is 2.04 bits per heavy atom. The van der Waals surface area contributed by atoms with Crippen molar-refractivity contribution in [2.75, 3.05) is 13.2 Å². The van der Waals surface area contributed by atoms with Gasteiger partial charge in [0.1, 0.15) is 0 Å². The topological polar surface area (TPSA) is 52.6 Å². The van der Waals surface area contributed by atoms with E-state index in [0.717, 1.165) is 12.0 Å². The van der Waals surface area contributed by atoms with Crippen LogP contribution in [0.15, 0.2) is 48.5 Å². The Bertz CT molecular complexity index is 824. The molecule has 0 unspecified atom stereocenters. The summed E-state index contributed by atoms with van der Waals surface area (Å²) in [6.45, 7) is 2.51. The predicted octanol–water partition coefficient (Wildman–Crippen LogP) is 4.52. The minimum atomic E-state index is -0.808. The highest BCUT2D eigenvalue weighted by Crippen LogP contribution is 2.38. The summed E-state index contributed by atoms with van der Waals surface area (Å²) in [7, 11) is 0. The highest BCUT2D eigenvalue weighted by atomic mass is 16.5. The molecule has 0 radical (unpaired) electrons. The number of cyclic esters (lactones) is 1. The highest BCUT2D eigenvalue weighted by Gasteiger charge is 2.43. The van der Waals surface area contributed by atoms with Crippen molar-refractivity contribution in [3.05, 3.63) is 54.1 Å². The first-order chi connectivity index (χ1) is 12.6. The number of rotatable bonds is 6. The summed E-state index contributed by atoms with van der Waals surface area (Å²) in [5, 5.41) is 2.37. The maximum atomic E-state index is 12.4. The van der Waals surface area contributed by atoms with E-state index >= 15 is 0 Å². The van der Waals surface area contributed by atoms with Gasteiger partial charge in [0.2, 0.25) is 0 Å². The maximum absolute atomic E-state index is 12.4. The number of allylic oxidation sites excluding steroid dienone is 1. The van der Waals surface area contributed by atoms with Crippen LogP contribution in [0.1, 0.15) is 38.2 Å². The summed E-state index contributed by atoms with van der Waals surface area (Å²) >= 11 is 0. The van der Waals surface area contributed by atoms with Gasteiger partial charge in [-0.2, -0.15) is 0 Å². The van der Waals surface area contributed by atoms with Gasteiger partial charge in [0.15, 0.2) is 0 Å². The fourth-order valence-corrected chi connectivity index (χ4v) is 3.47. The summed E-state index contributed by atoms with van der Waals surface area (Å²) < 4.78 is 10.3. The van der Waals surface area contributed by atoms with Crippen molar-refractivity contribution in [2.24, 2.45) is 5.41 Å². The molecule has 1 aliphatic heterocycles. The van der Waals surface area contributed by atoms with E-state index in [1.54, 1.807) is 6.92 Å². The minimum absolute atomic E-state index is 0.0712. The molecule has 0 bridgehead atoms. The van der Waals surface area contributed by atoms with Gasteiger partial charge in [-0.15, -0.1) is 0 Å². The molecule has 0 spiro atoms. The van der Waals surface area contributed by atoms with E-state index in [2.05, 4.69) is 30.3 Å². The number of carbonyl (C=O) groups is 2. The van der Waals surface area contributed by atoms with Gasteiger partial charge >= 0.3 is 11.9 Å². The molecule has 1 heterocycles. The molecule has 0 N–H and O–H groups in total. The number of ether oxygens (including phenoxy) is 2. The van der Waals surface area contributed by atoms with Crippen LogP contribution in [-0.2, 0) is 19.1 Å². The lowest BCUT2D eigenvalue weighted by Crippen LogP contribution is -2.39. The molecule has 2 aromatic rings.